The Hall–Kier alpha value is -3.42. The lowest BCUT2D eigenvalue weighted by molar-refractivity contribution is -0.384. The minimum Gasteiger partial charge on any atom is -0.492 e. The van der Waals surface area contributed by atoms with Gasteiger partial charge in [-0.1, -0.05) is 17.7 Å². The number of ether oxygens (including phenoxy) is 1. The molecule has 0 unspecified atom stereocenters. The molecule has 8 heteroatoms. The molecule has 27 heavy (non-hydrogen) atoms. The number of amides is 3. The monoisotopic (exact) mass is 369 g/mol. The molecular weight excluding hydrogens is 350 g/mol. The van der Waals surface area contributed by atoms with E-state index in [0.29, 0.717) is 11.3 Å². The maximum Gasteiger partial charge on any atom is 0.325 e. The lowest BCUT2D eigenvalue weighted by Gasteiger charge is -2.22. The van der Waals surface area contributed by atoms with Crippen LogP contribution in [0, 0.1) is 17.0 Å². The Balaban J connectivity index is 1.68. The number of rotatable bonds is 6. The first-order valence-corrected chi connectivity index (χ1v) is 8.40. The van der Waals surface area contributed by atoms with Crippen molar-refractivity contribution in [1.82, 2.24) is 10.2 Å². The number of nitro groups is 1. The zero-order chi connectivity index (χ0) is 19.6. The summed E-state index contributed by atoms with van der Waals surface area (Å²) in [5.41, 5.74) is 0.238. The Morgan fingerprint density at radius 1 is 1.11 bits per heavy atom. The van der Waals surface area contributed by atoms with E-state index in [1.54, 1.807) is 6.92 Å². The van der Waals surface area contributed by atoms with Gasteiger partial charge in [-0.2, -0.15) is 0 Å². The van der Waals surface area contributed by atoms with E-state index >= 15 is 0 Å². The van der Waals surface area contributed by atoms with Crippen molar-refractivity contribution in [2.75, 3.05) is 13.2 Å². The van der Waals surface area contributed by atoms with Crippen LogP contribution in [0.5, 0.6) is 5.75 Å². The molecule has 0 spiro atoms. The van der Waals surface area contributed by atoms with Crippen LogP contribution in [0.4, 0.5) is 10.5 Å². The van der Waals surface area contributed by atoms with Gasteiger partial charge in [0.25, 0.3) is 11.6 Å². The van der Waals surface area contributed by atoms with Gasteiger partial charge in [0.05, 0.1) is 11.5 Å². The van der Waals surface area contributed by atoms with Crippen molar-refractivity contribution in [3.63, 3.8) is 0 Å². The maximum atomic E-state index is 12.8. The summed E-state index contributed by atoms with van der Waals surface area (Å²) in [6.07, 6.45) is 0. The quantitative estimate of drug-likeness (QED) is 0.479. The SMILES string of the molecule is Cc1ccc(OCCN2C(=O)N[C@](C)(c3ccc([N+](=O)[O-])cc3)C2=O)cc1. The van der Waals surface area contributed by atoms with Crippen LogP contribution in [0.3, 0.4) is 0 Å². The molecule has 1 atom stereocenters. The number of aryl methyl sites for hydroxylation is 1. The predicted molar refractivity (Wildman–Crippen MR) is 97.4 cm³/mol. The van der Waals surface area contributed by atoms with Crippen LogP contribution >= 0.6 is 0 Å². The first kappa shape index (κ1) is 18.4. The van der Waals surface area contributed by atoms with Crippen LogP contribution < -0.4 is 10.1 Å². The molecule has 2 aromatic carbocycles. The highest BCUT2D eigenvalue weighted by molar-refractivity contribution is 6.07. The Labute approximate surface area is 155 Å². The van der Waals surface area contributed by atoms with Crippen LogP contribution in [0.1, 0.15) is 18.1 Å². The van der Waals surface area contributed by atoms with Crippen LogP contribution in [0.2, 0.25) is 0 Å². The molecule has 2 aromatic rings. The van der Waals surface area contributed by atoms with E-state index < -0.39 is 22.4 Å². The van der Waals surface area contributed by atoms with Gasteiger partial charge in [0.15, 0.2) is 0 Å². The number of carbonyl (C=O) groups is 2. The highest BCUT2D eigenvalue weighted by atomic mass is 16.6. The topological polar surface area (TPSA) is 102 Å². The van der Waals surface area contributed by atoms with Crippen LogP contribution in [0.25, 0.3) is 0 Å². The van der Waals surface area contributed by atoms with E-state index in [2.05, 4.69) is 5.32 Å². The number of nitrogens with one attached hydrogen (secondary N) is 1. The second kappa shape index (κ2) is 7.06. The summed E-state index contributed by atoms with van der Waals surface area (Å²) in [4.78, 5) is 36.4. The highest BCUT2D eigenvalue weighted by Gasteiger charge is 2.48. The van der Waals surface area contributed by atoms with E-state index in [-0.39, 0.29) is 18.8 Å². The van der Waals surface area contributed by atoms with Gasteiger partial charge in [-0.3, -0.25) is 19.8 Å². The average molecular weight is 369 g/mol. The number of nitrogens with zero attached hydrogens (tertiary/aromatic N) is 2. The number of benzene rings is 2. The molecule has 1 heterocycles. The fourth-order valence-electron chi connectivity index (χ4n) is 2.90. The molecular formula is C19H19N3O5. The van der Waals surface area contributed by atoms with Gasteiger partial charge in [0.1, 0.15) is 17.9 Å². The fraction of sp³-hybridized carbons (Fsp3) is 0.263. The van der Waals surface area contributed by atoms with E-state index in [9.17, 15) is 19.7 Å². The van der Waals surface area contributed by atoms with Gasteiger partial charge in [-0.25, -0.2) is 4.79 Å². The molecule has 1 N–H and O–H groups in total. The minimum absolute atomic E-state index is 0.0810. The lowest BCUT2D eigenvalue weighted by Crippen LogP contribution is -2.41. The second-order valence-electron chi connectivity index (χ2n) is 6.48. The van der Waals surface area contributed by atoms with E-state index in [1.165, 1.54) is 24.3 Å². The summed E-state index contributed by atoms with van der Waals surface area (Å²) >= 11 is 0. The van der Waals surface area contributed by atoms with Crippen LogP contribution in [-0.4, -0.2) is 34.9 Å². The third-order valence-corrected chi connectivity index (χ3v) is 4.54. The van der Waals surface area contributed by atoms with Crippen molar-refractivity contribution in [3.05, 3.63) is 69.8 Å². The molecule has 1 fully saturated rings. The summed E-state index contributed by atoms with van der Waals surface area (Å²) in [5, 5.41) is 13.4. The minimum atomic E-state index is -1.27. The second-order valence-corrected chi connectivity index (χ2v) is 6.48. The molecule has 0 aromatic heterocycles. The molecule has 0 aliphatic carbocycles. The predicted octanol–water partition coefficient (Wildman–Crippen LogP) is 2.75. The van der Waals surface area contributed by atoms with Gasteiger partial charge >= 0.3 is 6.03 Å². The van der Waals surface area contributed by atoms with Crippen molar-refractivity contribution in [2.45, 2.75) is 19.4 Å². The van der Waals surface area contributed by atoms with E-state index in [0.717, 1.165) is 10.5 Å². The summed E-state index contributed by atoms with van der Waals surface area (Å²) in [7, 11) is 0. The highest BCUT2D eigenvalue weighted by Crippen LogP contribution is 2.29. The number of hydrogen-bond acceptors (Lipinski definition) is 5. The first-order valence-electron chi connectivity index (χ1n) is 8.40. The number of urea groups is 1. The summed E-state index contributed by atoms with van der Waals surface area (Å²) in [6, 6.07) is 12.5. The lowest BCUT2D eigenvalue weighted by atomic mass is 9.92. The third-order valence-electron chi connectivity index (χ3n) is 4.54. The Morgan fingerprint density at radius 3 is 2.33 bits per heavy atom. The molecule has 1 saturated heterocycles. The van der Waals surface area contributed by atoms with Crippen molar-refractivity contribution in [1.29, 1.82) is 0 Å². The van der Waals surface area contributed by atoms with Gasteiger partial charge in [0.2, 0.25) is 0 Å². The standard InChI is InChI=1S/C19H19N3O5/c1-13-3-9-16(10-4-13)27-12-11-21-17(23)19(2,20-18(21)24)14-5-7-15(8-6-14)22(25)26/h3-10H,11-12H2,1-2H3,(H,20,24)/t19-/m1/s1. The smallest absolute Gasteiger partial charge is 0.325 e. The van der Waals surface area contributed by atoms with E-state index in [1.807, 2.05) is 31.2 Å². The first-order chi connectivity index (χ1) is 12.8. The zero-order valence-corrected chi connectivity index (χ0v) is 15.0. The normalized spacial score (nSPS) is 19.1. The summed E-state index contributed by atoms with van der Waals surface area (Å²) < 4.78 is 5.59. The van der Waals surface area contributed by atoms with Crippen LogP contribution in [-0.2, 0) is 10.3 Å². The molecule has 3 rings (SSSR count). The largest absolute Gasteiger partial charge is 0.492 e. The van der Waals surface area contributed by atoms with Crippen molar-refractivity contribution in [3.8, 4) is 5.75 Å². The molecule has 3 amide bonds. The molecule has 8 nitrogen and oxygen atoms in total. The molecule has 0 saturated carbocycles. The number of non-ortho nitro benzene ring substituents is 1. The van der Waals surface area contributed by atoms with E-state index in [4.69, 9.17) is 4.74 Å². The number of imide groups is 1. The van der Waals surface area contributed by atoms with Crippen molar-refractivity contribution >= 4 is 17.6 Å². The molecule has 1 aliphatic heterocycles. The van der Waals surface area contributed by atoms with Crippen molar-refractivity contribution < 1.29 is 19.2 Å². The summed E-state index contributed by atoms with van der Waals surface area (Å²) in [6.45, 7) is 3.81. The maximum absolute atomic E-state index is 12.8. The molecule has 1 aliphatic rings. The summed E-state index contributed by atoms with van der Waals surface area (Å²) in [5.74, 6) is 0.236. The van der Waals surface area contributed by atoms with Gasteiger partial charge in [-0.05, 0) is 43.7 Å². The van der Waals surface area contributed by atoms with Gasteiger partial charge in [-0.15, -0.1) is 0 Å². The third kappa shape index (κ3) is 3.59. The van der Waals surface area contributed by atoms with Gasteiger partial charge in [0, 0.05) is 12.1 Å². The molecule has 0 bridgehead atoms. The Bertz CT molecular complexity index is 879. The average Bonchev–Trinajstić information content (AvgIpc) is 2.87. The molecule has 0 radical (unpaired) electrons. The van der Waals surface area contributed by atoms with Crippen molar-refractivity contribution in [2.24, 2.45) is 0 Å². The zero-order valence-electron chi connectivity index (χ0n) is 15.0. The fourth-order valence-corrected chi connectivity index (χ4v) is 2.90. The number of nitro benzene ring substituents is 1. The number of hydrogen-bond donors (Lipinski definition) is 1. The molecule has 140 valence electrons. The Kier molecular flexibility index (Phi) is 4.81. The number of carbonyl (C=O) groups excluding carboxylic acids is 2. The van der Waals surface area contributed by atoms with Crippen LogP contribution in [0.15, 0.2) is 48.5 Å². The Morgan fingerprint density at radius 2 is 1.74 bits per heavy atom. The van der Waals surface area contributed by atoms with Gasteiger partial charge < -0.3 is 10.1 Å².